The molecule has 0 saturated heterocycles. The first kappa shape index (κ1) is 12.7. The Kier molecular flexibility index (Phi) is 3.51. The van der Waals surface area contributed by atoms with E-state index in [1.165, 1.54) is 18.1 Å². The lowest BCUT2D eigenvalue weighted by atomic mass is 10.1. The Labute approximate surface area is 107 Å². The van der Waals surface area contributed by atoms with Crippen LogP contribution < -0.4 is 0 Å². The summed E-state index contributed by atoms with van der Waals surface area (Å²) in [5.74, 6) is -0.944. The number of benzene rings is 1. The number of carbonyl (C=O) groups excluding carboxylic acids is 1. The van der Waals surface area contributed by atoms with Gasteiger partial charge in [-0.05, 0) is 16.6 Å². The van der Waals surface area contributed by atoms with Crippen molar-refractivity contribution in [3.05, 3.63) is 51.8 Å². The molecule has 0 N–H and O–H groups in total. The van der Waals surface area contributed by atoms with Gasteiger partial charge in [0, 0.05) is 5.10 Å². The number of hydrogen-bond acceptors (Lipinski definition) is 6. The lowest BCUT2D eigenvalue weighted by molar-refractivity contribution is -0.394. The molecule has 1 aromatic heterocycles. The smallest absolute Gasteiger partial charge is 0.465 e. The van der Waals surface area contributed by atoms with E-state index in [0.717, 1.165) is 0 Å². The van der Waals surface area contributed by atoms with Crippen LogP contribution in [0.4, 0.5) is 5.95 Å². The van der Waals surface area contributed by atoms with Crippen LogP contribution >= 0.6 is 0 Å². The predicted octanol–water partition coefficient (Wildman–Crippen LogP) is 1.02. The molecule has 2 aromatic rings. The van der Waals surface area contributed by atoms with Gasteiger partial charge >= 0.3 is 11.9 Å². The summed E-state index contributed by atoms with van der Waals surface area (Å²) in [5, 5.41) is 14.2. The Morgan fingerprint density at radius 2 is 2.21 bits per heavy atom. The van der Waals surface area contributed by atoms with Crippen LogP contribution in [0, 0.1) is 10.1 Å². The fourth-order valence-corrected chi connectivity index (χ4v) is 1.59. The number of esters is 1. The largest absolute Gasteiger partial charge is 0.490 e. The number of aromatic nitrogens is 3. The first-order valence-corrected chi connectivity index (χ1v) is 5.32. The maximum atomic E-state index is 11.6. The number of carbonyl (C=O) groups is 1. The molecule has 8 nitrogen and oxygen atoms in total. The van der Waals surface area contributed by atoms with Gasteiger partial charge in [-0.2, -0.15) is 4.68 Å². The second kappa shape index (κ2) is 5.25. The second-order valence-electron chi connectivity index (χ2n) is 3.65. The van der Waals surface area contributed by atoms with Gasteiger partial charge in [-0.1, -0.05) is 23.2 Å². The van der Waals surface area contributed by atoms with Crippen molar-refractivity contribution >= 4 is 11.9 Å². The molecule has 8 heteroatoms. The van der Waals surface area contributed by atoms with Crippen molar-refractivity contribution in [2.45, 2.75) is 6.54 Å². The summed E-state index contributed by atoms with van der Waals surface area (Å²) in [4.78, 5) is 24.9. The summed E-state index contributed by atoms with van der Waals surface area (Å²) in [6.45, 7) is 0.201. The molecule has 98 valence electrons. The van der Waals surface area contributed by atoms with E-state index in [1.54, 1.807) is 24.3 Å². The Bertz CT molecular complexity index is 623. The van der Waals surface area contributed by atoms with Crippen LogP contribution in [0.25, 0.3) is 0 Å². The van der Waals surface area contributed by atoms with Crippen molar-refractivity contribution in [2.24, 2.45) is 0 Å². The SMILES string of the molecule is COC(=O)c1ccccc1Cn1cnc([N+](=O)[O-])n1. The van der Waals surface area contributed by atoms with Crippen molar-refractivity contribution in [1.29, 1.82) is 0 Å². The first-order valence-electron chi connectivity index (χ1n) is 5.32. The predicted molar refractivity (Wildman–Crippen MR) is 63.6 cm³/mol. The van der Waals surface area contributed by atoms with E-state index in [0.29, 0.717) is 11.1 Å². The van der Waals surface area contributed by atoms with Gasteiger partial charge in [0.05, 0.1) is 19.2 Å². The topological polar surface area (TPSA) is 100 Å². The average Bonchev–Trinajstić information content (AvgIpc) is 2.87. The minimum atomic E-state index is -0.678. The van der Waals surface area contributed by atoms with Crippen molar-refractivity contribution in [2.75, 3.05) is 7.11 Å². The zero-order valence-electron chi connectivity index (χ0n) is 10.0. The maximum Gasteiger partial charge on any atom is 0.490 e. The number of ether oxygens (including phenoxy) is 1. The molecule has 19 heavy (non-hydrogen) atoms. The van der Waals surface area contributed by atoms with E-state index < -0.39 is 16.8 Å². The van der Waals surface area contributed by atoms with Gasteiger partial charge in [-0.25, -0.2) is 4.79 Å². The molecule has 1 aromatic carbocycles. The van der Waals surface area contributed by atoms with Crippen LogP contribution in [0.2, 0.25) is 0 Å². The van der Waals surface area contributed by atoms with Crippen LogP contribution in [0.5, 0.6) is 0 Å². The van der Waals surface area contributed by atoms with Crippen LogP contribution in [-0.4, -0.2) is 32.8 Å². The standard InChI is InChI=1S/C11H10N4O4/c1-19-10(16)9-5-3-2-4-8(9)6-14-7-12-11(13-14)15(17)18/h2-5,7H,6H2,1H3. The van der Waals surface area contributed by atoms with Gasteiger partial charge in [0.2, 0.25) is 6.33 Å². The van der Waals surface area contributed by atoms with E-state index in [2.05, 4.69) is 14.8 Å². The molecule has 2 rings (SSSR count). The summed E-state index contributed by atoms with van der Waals surface area (Å²) in [6, 6.07) is 6.80. The molecule has 0 spiro atoms. The Morgan fingerprint density at radius 3 is 2.84 bits per heavy atom. The highest BCUT2D eigenvalue weighted by molar-refractivity contribution is 5.90. The summed E-state index contributed by atoms with van der Waals surface area (Å²) in [7, 11) is 1.29. The van der Waals surface area contributed by atoms with Gasteiger partial charge in [-0.15, -0.1) is 0 Å². The molecule has 0 bridgehead atoms. The van der Waals surface area contributed by atoms with Gasteiger partial charge < -0.3 is 14.9 Å². The molecule has 0 amide bonds. The summed E-state index contributed by atoms with van der Waals surface area (Å²) >= 11 is 0. The van der Waals surface area contributed by atoms with Crippen LogP contribution in [0.15, 0.2) is 30.6 Å². The maximum absolute atomic E-state index is 11.6. The van der Waals surface area contributed by atoms with Crippen LogP contribution in [0.1, 0.15) is 15.9 Å². The monoisotopic (exact) mass is 262 g/mol. The third-order valence-electron chi connectivity index (χ3n) is 2.44. The Hall–Kier alpha value is -2.77. The zero-order chi connectivity index (χ0) is 13.8. The highest BCUT2D eigenvalue weighted by Crippen LogP contribution is 2.12. The number of nitro groups is 1. The van der Waals surface area contributed by atoms with Crippen LogP contribution in [0.3, 0.4) is 0 Å². The number of nitrogens with zero attached hydrogens (tertiary/aromatic N) is 4. The quantitative estimate of drug-likeness (QED) is 0.463. The highest BCUT2D eigenvalue weighted by Gasteiger charge is 2.16. The van der Waals surface area contributed by atoms with Crippen LogP contribution in [-0.2, 0) is 11.3 Å². The minimum absolute atomic E-state index is 0.201. The van der Waals surface area contributed by atoms with Crippen molar-refractivity contribution in [3.8, 4) is 0 Å². The lowest BCUT2D eigenvalue weighted by Crippen LogP contribution is -2.09. The van der Waals surface area contributed by atoms with Gasteiger partial charge in [0.1, 0.15) is 0 Å². The molecule has 0 radical (unpaired) electrons. The normalized spacial score (nSPS) is 10.2. The first-order chi connectivity index (χ1) is 9.11. The average molecular weight is 262 g/mol. The third kappa shape index (κ3) is 2.73. The molecule has 0 unspecified atom stereocenters. The third-order valence-corrected chi connectivity index (χ3v) is 2.44. The molecule has 0 aliphatic carbocycles. The van der Waals surface area contributed by atoms with Crippen molar-refractivity contribution in [1.82, 2.24) is 14.8 Å². The number of hydrogen-bond donors (Lipinski definition) is 0. The fourth-order valence-electron chi connectivity index (χ4n) is 1.59. The molecule has 1 heterocycles. The van der Waals surface area contributed by atoms with Gasteiger partial charge in [0.25, 0.3) is 0 Å². The highest BCUT2D eigenvalue weighted by atomic mass is 16.6. The molecule has 0 aliphatic heterocycles. The number of methoxy groups -OCH3 is 1. The Balaban J connectivity index is 2.27. The Morgan fingerprint density at radius 1 is 1.47 bits per heavy atom. The van der Waals surface area contributed by atoms with Gasteiger partial charge in [0.15, 0.2) is 0 Å². The van der Waals surface area contributed by atoms with E-state index in [1.807, 2.05) is 0 Å². The molecular formula is C11H10N4O4. The van der Waals surface area contributed by atoms with Crippen molar-refractivity contribution in [3.63, 3.8) is 0 Å². The summed E-state index contributed by atoms with van der Waals surface area (Å²) in [5.41, 5.74) is 1.04. The molecule has 0 aliphatic rings. The molecule has 0 saturated carbocycles. The minimum Gasteiger partial charge on any atom is -0.465 e. The summed E-state index contributed by atoms with van der Waals surface area (Å²) in [6.07, 6.45) is 1.24. The molecule has 0 fully saturated rings. The van der Waals surface area contributed by atoms with Crippen molar-refractivity contribution < 1.29 is 14.5 Å². The second-order valence-corrected chi connectivity index (χ2v) is 3.65. The molecule has 0 atom stereocenters. The van der Waals surface area contributed by atoms with E-state index in [9.17, 15) is 14.9 Å². The zero-order valence-corrected chi connectivity index (χ0v) is 10.0. The van der Waals surface area contributed by atoms with E-state index in [4.69, 9.17) is 0 Å². The number of rotatable bonds is 4. The fraction of sp³-hybridized carbons (Fsp3) is 0.182. The van der Waals surface area contributed by atoms with E-state index in [-0.39, 0.29) is 6.54 Å². The van der Waals surface area contributed by atoms with Gasteiger partial charge in [-0.3, -0.25) is 0 Å². The molecular weight excluding hydrogens is 252 g/mol. The summed E-state index contributed by atoms with van der Waals surface area (Å²) < 4.78 is 5.96. The lowest BCUT2D eigenvalue weighted by Gasteiger charge is -2.05. The van der Waals surface area contributed by atoms with E-state index >= 15 is 0 Å².